The monoisotopic (exact) mass is 368 g/mol. The number of thioether (sulfide) groups is 1. The van der Waals surface area contributed by atoms with Gasteiger partial charge in [-0.05, 0) is 24.6 Å². The van der Waals surface area contributed by atoms with Gasteiger partial charge in [0, 0.05) is 16.5 Å². The Morgan fingerprint density at radius 1 is 1.23 bits per heavy atom. The van der Waals surface area contributed by atoms with Crippen LogP contribution in [0.3, 0.4) is 0 Å². The fraction of sp³-hybridized carbons (Fsp3) is 0.211. The summed E-state index contributed by atoms with van der Waals surface area (Å²) in [4.78, 5) is 17.5. The fourth-order valence-corrected chi connectivity index (χ4v) is 3.68. The summed E-state index contributed by atoms with van der Waals surface area (Å²) in [5.74, 6) is 0.284. The second kappa shape index (κ2) is 6.92. The predicted molar refractivity (Wildman–Crippen MR) is 99.9 cm³/mol. The van der Waals surface area contributed by atoms with Crippen LogP contribution in [0.15, 0.2) is 58.6 Å². The average Bonchev–Trinajstić information content (AvgIpc) is 2.65. The number of carbonyl (C=O) groups excluding carboxylic acids is 1. The van der Waals surface area contributed by atoms with Gasteiger partial charge in [-0.3, -0.25) is 15.1 Å². The van der Waals surface area contributed by atoms with Gasteiger partial charge in [0.2, 0.25) is 0 Å². The van der Waals surface area contributed by atoms with E-state index < -0.39 is 6.17 Å². The zero-order valence-corrected chi connectivity index (χ0v) is 15.0. The van der Waals surface area contributed by atoms with E-state index >= 15 is 0 Å². The molecule has 2 aromatic rings. The van der Waals surface area contributed by atoms with Crippen LogP contribution in [0.25, 0.3) is 5.70 Å². The third-order valence-corrected chi connectivity index (χ3v) is 5.17. The Balaban J connectivity index is 1.90. The molecule has 132 valence electrons. The minimum absolute atomic E-state index is 0.220. The standard InChI is InChI=1S/C19H17FN4OS/c1-2-10-26-19-22-18(25)16-14-8-3-4-9-15(14)21-17(24(16)23-19)12-6-5-7-13(20)11-12/h3-9,11,17H,2,10H2,1H3,(H,22,23,25). The van der Waals surface area contributed by atoms with Gasteiger partial charge in [-0.25, -0.2) is 9.40 Å². The molecule has 1 amide bonds. The lowest BCUT2D eigenvalue weighted by Crippen LogP contribution is -2.50. The molecule has 1 atom stereocenters. The molecule has 0 aromatic heterocycles. The first-order valence-electron chi connectivity index (χ1n) is 8.42. The Morgan fingerprint density at radius 2 is 2.08 bits per heavy atom. The van der Waals surface area contributed by atoms with Crippen LogP contribution in [0.1, 0.15) is 25.1 Å². The highest BCUT2D eigenvalue weighted by Gasteiger charge is 2.34. The van der Waals surface area contributed by atoms with Crippen molar-refractivity contribution in [3.05, 3.63) is 70.5 Å². The Hall–Kier alpha value is -2.67. The van der Waals surface area contributed by atoms with Crippen LogP contribution >= 0.6 is 11.8 Å². The van der Waals surface area contributed by atoms with Crippen molar-refractivity contribution in [1.82, 2.24) is 10.3 Å². The molecule has 0 fully saturated rings. The predicted octanol–water partition coefficient (Wildman–Crippen LogP) is 2.11. The molecule has 4 rings (SSSR count). The summed E-state index contributed by atoms with van der Waals surface area (Å²) in [7, 11) is 0. The summed E-state index contributed by atoms with van der Waals surface area (Å²) in [5, 5.41) is 11.0. The summed E-state index contributed by atoms with van der Waals surface area (Å²) < 4.78 is 13.8. The quantitative estimate of drug-likeness (QED) is 0.903. The molecule has 2 aliphatic rings. The number of fused-ring (bicyclic) bond motifs is 2. The SMILES string of the molecule is CCCSC1=NN2C(=c3ccccc3=NC2c2cccc(F)c2)C(=O)N1. The van der Waals surface area contributed by atoms with Crippen LogP contribution in [0.5, 0.6) is 0 Å². The molecule has 5 nitrogen and oxygen atoms in total. The lowest BCUT2D eigenvalue weighted by atomic mass is 10.1. The van der Waals surface area contributed by atoms with E-state index in [-0.39, 0.29) is 11.7 Å². The van der Waals surface area contributed by atoms with E-state index in [1.807, 2.05) is 24.3 Å². The maximum absolute atomic E-state index is 13.8. The zero-order valence-electron chi connectivity index (χ0n) is 14.1. The number of nitrogens with one attached hydrogen (secondary N) is 1. The van der Waals surface area contributed by atoms with Crippen molar-refractivity contribution in [2.24, 2.45) is 10.1 Å². The first kappa shape index (κ1) is 16.8. The molecular formula is C19H17FN4OS. The van der Waals surface area contributed by atoms with Crippen molar-refractivity contribution in [1.29, 1.82) is 0 Å². The van der Waals surface area contributed by atoms with Crippen LogP contribution in [0, 0.1) is 5.82 Å². The first-order valence-corrected chi connectivity index (χ1v) is 9.40. The number of carbonyl (C=O) groups is 1. The topological polar surface area (TPSA) is 57.1 Å². The van der Waals surface area contributed by atoms with Gasteiger partial charge in [0.25, 0.3) is 5.91 Å². The molecule has 1 N–H and O–H groups in total. The summed E-state index contributed by atoms with van der Waals surface area (Å²) in [6.07, 6.45) is 0.385. The van der Waals surface area contributed by atoms with Gasteiger partial charge in [0.05, 0.1) is 5.36 Å². The molecule has 26 heavy (non-hydrogen) atoms. The molecule has 0 aliphatic carbocycles. The molecule has 0 saturated carbocycles. The summed E-state index contributed by atoms with van der Waals surface area (Å²) >= 11 is 1.49. The third-order valence-electron chi connectivity index (χ3n) is 4.11. The third kappa shape index (κ3) is 2.99. The highest BCUT2D eigenvalue weighted by atomic mass is 32.2. The van der Waals surface area contributed by atoms with E-state index in [1.54, 1.807) is 17.1 Å². The Kier molecular flexibility index (Phi) is 4.46. The highest BCUT2D eigenvalue weighted by molar-refractivity contribution is 8.13. The molecule has 1 unspecified atom stereocenters. The molecule has 2 heterocycles. The second-order valence-corrected chi connectivity index (χ2v) is 7.06. The highest BCUT2D eigenvalue weighted by Crippen LogP contribution is 2.30. The minimum Gasteiger partial charge on any atom is -0.298 e. The van der Waals surface area contributed by atoms with E-state index in [2.05, 4.69) is 17.3 Å². The van der Waals surface area contributed by atoms with Gasteiger partial charge in [0.1, 0.15) is 11.5 Å². The molecular weight excluding hydrogens is 351 g/mol. The van der Waals surface area contributed by atoms with E-state index in [1.165, 1.54) is 23.9 Å². The van der Waals surface area contributed by atoms with Crippen LogP contribution in [-0.2, 0) is 4.79 Å². The van der Waals surface area contributed by atoms with Gasteiger partial charge in [0.15, 0.2) is 11.3 Å². The number of halogens is 1. The van der Waals surface area contributed by atoms with Gasteiger partial charge < -0.3 is 0 Å². The number of hydrogen-bond donors (Lipinski definition) is 1. The molecule has 2 aromatic carbocycles. The maximum Gasteiger partial charge on any atom is 0.276 e. The summed E-state index contributed by atoms with van der Waals surface area (Å²) in [5.41, 5.74) is 1.08. The normalized spacial score (nSPS) is 18.5. The number of amides is 1. The smallest absolute Gasteiger partial charge is 0.276 e. The molecule has 0 saturated heterocycles. The molecule has 0 radical (unpaired) electrons. The van der Waals surface area contributed by atoms with E-state index in [0.717, 1.165) is 17.4 Å². The first-order chi connectivity index (χ1) is 12.7. The lowest BCUT2D eigenvalue weighted by molar-refractivity contribution is -0.116. The van der Waals surface area contributed by atoms with Gasteiger partial charge in [-0.2, -0.15) is 0 Å². The number of nitrogens with zero attached hydrogens (tertiary/aromatic N) is 3. The Labute approximate surface area is 154 Å². The van der Waals surface area contributed by atoms with Crippen LogP contribution in [-0.4, -0.2) is 21.8 Å². The fourth-order valence-electron chi connectivity index (χ4n) is 2.98. The number of para-hydroxylation sites is 1. The van der Waals surface area contributed by atoms with Crippen molar-refractivity contribution in [2.45, 2.75) is 19.5 Å². The second-order valence-electron chi connectivity index (χ2n) is 5.98. The Morgan fingerprint density at radius 3 is 2.88 bits per heavy atom. The number of benzene rings is 2. The van der Waals surface area contributed by atoms with Crippen LogP contribution in [0.2, 0.25) is 0 Å². The van der Waals surface area contributed by atoms with Crippen molar-refractivity contribution in [2.75, 3.05) is 5.75 Å². The van der Waals surface area contributed by atoms with Crippen molar-refractivity contribution in [3.8, 4) is 0 Å². The van der Waals surface area contributed by atoms with Crippen LogP contribution in [0.4, 0.5) is 4.39 Å². The molecule has 7 heteroatoms. The van der Waals surface area contributed by atoms with E-state index in [0.29, 0.717) is 21.8 Å². The maximum atomic E-state index is 13.8. The van der Waals surface area contributed by atoms with Crippen molar-refractivity contribution in [3.63, 3.8) is 0 Å². The van der Waals surface area contributed by atoms with E-state index in [9.17, 15) is 9.18 Å². The summed E-state index contributed by atoms with van der Waals surface area (Å²) in [6, 6.07) is 13.7. The van der Waals surface area contributed by atoms with E-state index in [4.69, 9.17) is 4.99 Å². The molecule has 2 aliphatic heterocycles. The lowest BCUT2D eigenvalue weighted by Gasteiger charge is -2.34. The van der Waals surface area contributed by atoms with Gasteiger partial charge in [-0.1, -0.05) is 49.0 Å². The Bertz CT molecular complexity index is 1020. The van der Waals surface area contributed by atoms with Crippen molar-refractivity contribution < 1.29 is 9.18 Å². The largest absolute Gasteiger partial charge is 0.298 e. The number of rotatable bonds is 3. The molecule has 0 spiro atoms. The summed E-state index contributed by atoms with van der Waals surface area (Å²) in [6.45, 7) is 2.07. The molecule has 0 bridgehead atoms. The van der Waals surface area contributed by atoms with Gasteiger partial charge in [-0.15, -0.1) is 5.10 Å². The zero-order chi connectivity index (χ0) is 18.1. The number of hydrogen-bond acceptors (Lipinski definition) is 5. The average molecular weight is 368 g/mol. The number of amidine groups is 1. The minimum atomic E-state index is -0.584. The van der Waals surface area contributed by atoms with Crippen molar-refractivity contribution >= 4 is 28.5 Å². The van der Waals surface area contributed by atoms with Gasteiger partial charge >= 0.3 is 0 Å². The number of hydrazone groups is 1. The van der Waals surface area contributed by atoms with Crippen LogP contribution < -0.4 is 15.9 Å².